The lowest BCUT2D eigenvalue weighted by molar-refractivity contribution is -0.190. The van der Waals surface area contributed by atoms with Crippen molar-refractivity contribution in [3.05, 3.63) is 71.5 Å². The van der Waals surface area contributed by atoms with E-state index in [1.54, 1.807) is 6.07 Å². The Hall–Kier alpha value is -2.73. The first-order valence-corrected chi connectivity index (χ1v) is 10.4. The number of likely N-dealkylation sites (tertiary alicyclic amines) is 1. The Bertz CT molecular complexity index is 920. The summed E-state index contributed by atoms with van der Waals surface area (Å²) in [5.41, 5.74) is 1.42. The van der Waals surface area contributed by atoms with Gasteiger partial charge in [0.25, 0.3) is 0 Å². The predicted molar refractivity (Wildman–Crippen MR) is 111 cm³/mol. The fourth-order valence-corrected chi connectivity index (χ4v) is 4.40. The normalized spacial score (nSPS) is 23.9. The fraction of sp³-hybridized carbons (Fsp3) is 0.417. The number of rotatable bonds is 5. The summed E-state index contributed by atoms with van der Waals surface area (Å²) in [6, 6.07) is 16.1. The maximum Gasteiger partial charge on any atom is 0.249 e. The number of hydrogen-bond donors (Lipinski definition) is 0. The molecule has 6 heteroatoms. The topological polar surface area (TPSA) is 49.9 Å². The first-order chi connectivity index (χ1) is 14.4. The molecule has 4 rings (SSSR count). The number of fused-ring (bicyclic) bond motifs is 1. The maximum absolute atomic E-state index is 13.4. The molecule has 2 fully saturated rings. The Morgan fingerprint density at radius 3 is 2.70 bits per heavy atom. The van der Waals surface area contributed by atoms with Gasteiger partial charge in [-0.15, -0.1) is 0 Å². The molecule has 2 aliphatic heterocycles. The summed E-state index contributed by atoms with van der Waals surface area (Å²) >= 11 is 0. The Morgan fingerprint density at radius 1 is 1.17 bits per heavy atom. The van der Waals surface area contributed by atoms with Crippen LogP contribution in [-0.4, -0.2) is 53.0 Å². The first kappa shape index (κ1) is 20.5. The molecule has 2 aromatic rings. The predicted octanol–water partition coefficient (Wildman–Crippen LogP) is 3.18. The van der Waals surface area contributed by atoms with Crippen LogP contribution in [0.1, 0.15) is 30.9 Å². The Morgan fingerprint density at radius 2 is 1.93 bits per heavy atom. The van der Waals surface area contributed by atoms with Crippen LogP contribution in [-0.2, 0) is 27.3 Å². The van der Waals surface area contributed by atoms with Crippen molar-refractivity contribution in [1.82, 2.24) is 9.80 Å². The summed E-state index contributed by atoms with van der Waals surface area (Å²) in [6.45, 7) is 3.68. The lowest BCUT2D eigenvalue weighted by Crippen LogP contribution is -2.67. The number of carbonyl (C=O) groups is 2. The van der Waals surface area contributed by atoms with E-state index in [1.807, 2.05) is 53.1 Å². The van der Waals surface area contributed by atoms with Gasteiger partial charge in [-0.2, -0.15) is 0 Å². The van der Waals surface area contributed by atoms with Crippen molar-refractivity contribution in [1.29, 1.82) is 0 Å². The van der Waals surface area contributed by atoms with Crippen molar-refractivity contribution in [3.63, 3.8) is 0 Å². The summed E-state index contributed by atoms with van der Waals surface area (Å²) in [5, 5.41) is 0. The van der Waals surface area contributed by atoms with E-state index in [1.165, 1.54) is 12.1 Å². The molecule has 2 aliphatic rings. The molecule has 2 heterocycles. The van der Waals surface area contributed by atoms with E-state index in [2.05, 4.69) is 0 Å². The monoisotopic (exact) mass is 410 g/mol. The second-order valence-corrected chi connectivity index (χ2v) is 8.34. The van der Waals surface area contributed by atoms with Crippen LogP contribution in [0, 0.1) is 5.82 Å². The second-order valence-electron chi connectivity index (χ2n) is 8.34. The van der Waals surface area contributed by atoms with Gasteiger partial charge in [0, 0.05) is 26.1 Å². The minimum Gasteiger partial charge on any atom is -0.363 e. The third kappa shape index (κ3) is 4.38. The molecular weight excluding hydrogens is 383 g/mol. The second kappa shape index (κ2) is 8.56. The molecule has 0 radical (unpaired) electrons. The summed E-state index contributed by atoms with van der Waals surface area (Å²) in [7, 11) is 0. The number of amides is 2. The summed E-state index contributed by atoms with van der Waals surface area (Å²) < 4.78 is 19.3. The molecule has 0 aliphatic carbocycles. The van der Waals surface area contributed by atoms with Crippen LogP contribution in [0.5, 0.6) is 0 Å². The van der Waals surface area contributed by atoms with Crippen molar-refractivity contribution in [2.45, 2.75) is 44.4 Å². The van der Waals surface area contributed by atoms with Crippen LogP contribution in [0.3, 0.4) is 0 Å². The van der Waals surface area contributed by atoms with Crippen LogP contribution in [0.4, 0.5) is 4.39 Å². The highest BCUT2D eigenvalue weighted by atomic mass is 19.1. The zero-order chi connectivity index (χ0) is 21.1. The number of hydrogen-bond acceptors (Lipinski definition) is 3. The average Bonchev–Trinajstić information content (AvgIpc) is 2.75. The van der Waals surface area contributed by atoms with Gasteiger partial charge in [-0.3, -0.25) is 9.59 Å². The average molecular weight is 410 g/mol. The summed E-state index contributed by atoms with van der Waals surface area (Å²) in [5.74, 6) is -0.308. The highest BCUT2D eigenvalue weighted by molar-refractivity contribution is 5.80. The fourth-order valence-electron chi connectivity index (χ4n) is 4.40. The van der Waals surface area contributed by atoms with Crippen molar-refractivity contribution in [3.8, 4) is 0 Å². The van der Waals surface area contributed by atoms with Gasteiger partial charge in [0.1, 0.15) is 12.4 Å². The van der Waals surface area contributed by atoms with Crippen molar-refractivity contribution >= 4 is 11.8 Å². The van der Waals surface area contributed by atoms with E-state index in [4.69, 9.17) is 4.74 Å². The zero-order valence-electron chi connectivity index (χ0n) is 17.2. The van der Waals surface area contributed by atoms with Gasteiger partial charge in [-0.1, -0.05) is 42.5 Å². The highest BCUT2D eigenvalue weighted by Crippen LogP contribution is 2.34. The number of carbonyl (C=O) groups excluding carboxylic acids is 2. The lowest BCUT2D eigenvalue weighted by atomic mass is 9.85. The van der Waals surface area contributed by atoms with Crippen LogP contribution < -0.4 is 0 Å². The number of morpholine rings is 1. The molecule has 2 amide bonds. The van der Waals surface area contributed by atoms with Gasteiger partial charge in [0.2, 0.25) is 11.8 Å². The van der Waals surface area contributed by atoms with Gasteiger partial charge < -0.3 is 14.5 Å². The van der Waals surface area contributed by atoms with Crippen LogP contribution >= 0.6 is 0 Å². The smallest absolute Gasteiger partial charge is 0.249 e. The first-order valence-electron chi connectivity index (χ1n) is 10.4. The van der Waals surface area contributed by atoms with Crippen molar-refractivity contribution in [2.24, 2.45) is 0 Å². The van der Waals surface area contributed by atoms with E-state index in [-0.39, 0.29) is 30.3 Å². The third-order valence-corrected chi connectivity index (χ3v) is 6.26. The van der Waals surface area contributed by atoms with Gasteiger partial charge in [0.05, 0.1) is 11.6 Å². The van der Waals surface area contributed by atoms with Crippen LogP contribution in [0.25, 0.3) is 0 Å². The van der Waals surface area contributed by atoms with E-state index in [9.17, 15) is 14.0 Å². The maximum atomic E-state index is 13.4. The van der Waals surface area contributed by atoms with E-state index in [0.29, 0.717) is 38.9 Å². The van der Waals surface area contributed by atoms with Crippen molar-refractivity contribution in [2.75, 3.05) is 19.7 Å². The number of nitrogens with zero attached hydrogens (tertiary/aromatic N) is 2. The molecule has 0 unspecified atom stereocenters. The highest BCUT2D eigenvalue weighted by Gasteiger charge is 2.49. The number of ether oxygens (including phenoxy) is 1. The zero-order valence-corrected chi connectivity index (χ0v) is 17.2. The van der Waals surface area contributed by atoms with E-state index < -0.39 is 5.60 Å². The Balaban J connectivity index is 1.45. The lowest BCUT2D eigenvalue weighted by Gasteiger charge is -2.52. The van der Waals surface area contributed by atoms with E-state index in [0.717, 1.165) is 11.1 Å². The number of benzene rings is 2. The van der Waals surface area contributed by atoms with Gasteiger partial charge >= 0.3 is 0 Å². The molecule has 0 aromatic heterocycles. The van der Waals surface area contributed by atoms with E-state index >= 15 is 0 Å². The quantitative estimate of drug-likeness (QED) is 0.761. The molecule has 2 atom stereocenters. The molecule has 0 bridgehead atoms. The molecule has 0 saturated carbocycles. The summed E-state index contributed by atoms with van der Waals surface area (Å²) in [6.07, 6.45) is 1.50. The molecule has 5 nitrogen and oxygen atoms in total. The molecule has 2 aromatic carbocycles. The molecule has 2 saturated heterocycles. The Labute approximate surface area is 176 Å². The van der Waals surface area contributed by atoms with Crippen molar-refractivity contribution < 1.29 is 18.7 Å². The van der Waals surface area contributed by atoms with Gasteiger partial charge in [-0.05, 0) is 43.0 Å². The largest absolute Gasteiger partial charge is 0.363 e. The molecular formula is C24H27FN2O3. The number of halogens is 1. The van der Waals surface area contributed by atoms with Gasteiger partial charge in [0.15, 0.2) is 0 Å². The molecule has 158 valence electrons. The molecule has 0 spiro atoms. The number of piperidine rings is 1. The third-order valence-electron chi connectivity index (χ3n) is 6.26. The SMILES string of the molecule is C[C@@]12CCN(C(=O)CCc3cccc(F)c3)C[C@H]1N(Cc1ccccc1)C(=O)CO2. The van der Waals surface area contributed by atoms with Crippen LogP contribution in [0.15, 0.2) is 54.6 Å². The minimum atomic E-state index is -0.456. The van der Waals surface area contributed by atoms with Gasteiger partial charge in [-0.25, -0.2) is 4.39 Å². The summed E-state index contributed by atoms with van der Waals surface area (Å²) in [4.78, 5) is 29.2. The molecule has 0 N–H and O–H groups in total. The standard InChI is InChI=1S/C24H27FN2O3/c1-24-12-13-26(22(28)11-10-18-8-5-9-20(25)14-18)16-21(24)27(23(29)17-30-24)15-19-6-3-2-4-7-19/h2-9,14,21H,10-13,15-17H2,1H3/t21-,24-/m1/s1. The Kier molecular flexibility index (Phi) is 5.86. The number of aryl methyl sites for hydroxylation is 1. The molecule has 30 heavy (non-hydrogen) atoms. The minimum absolute atomic E-state index is 0.0268. The van der Waals surface area contributed by atoms with Crippen LogP contribution in [0.2, 0.25) is 0 Å².